The molecule has 0 aliphatic carbocycles. The van der Waals surface area contributed by atoms with Crippen molar-refractivity contribution in [3.63, 3.8) is 0 Å². The Hall–Kier alpha value is -2.92. The van der Waals surface area contributed by atoms with Crippen LogP contribution in [0.3, 0.4) is 0 Å². The van der Waals surface area contributed by atoms with E-state index < -0.39 is 11.7 Å². The first kappa shape index (κ1) is 17.4. The van der Waals surface area contributed by atoms with Crippen LogP contribution < -0.4 is 21.7 Å². The largest absolute Gasteiger partial charge is 0.386 e. The Morgan fingerprint density at radius 2 is 2.17 bits per heavy atom. The lowest BCUT2D eigenvalue weighted by atomic mass is 9.95. The zero-order chi connectivity index (χ0) is 17.5. The summed E-state index contributed by atoms with van der Waals surface area (Å²) in [4.78, 5) is 11.6. The van der Waals surface area contributed by atoms with Gasteiger partial charge in [-0.1, -0.05) is 0 Å². The van der Waals surface area contributed by atoms with Crippen molar-refractivity contribution in [3.05, 3.63) is 41.9 Å². The third kappa shape index (κ3) is 4.54. The Kier molecular flexibility index (Phi) is 5.87. The van der Waals surface area contributed by atoms with Crippen LogP contribution in [0.1, 0.15) is 6.42 Å². The molecular formula is C16H19FN6O. The normalized spacial score (nSPS) is 20.8. The van der Waals surface area contributed by atoms with E-state index >= 15 is 0 Å². The molecule has 0 spiro atoms. The minimum atomic E-state index is -0.774. The topological polar surface area (TPSA) is 127 Å². The quantitative estimate of drug-likeness (QED) is 0.308. The Balaban J connectivity index is 2.07. The predicted octanol–water partition coefficient (Wildman–Crippen LogP) is 0.675. The molecule has 24 heavy (non-hydrogen) atoms. The first-order valence-corrected chi connectivity index (χ1v) is 7.49. The number of piperidine rings is 1. The van der Waals surface area contributed by atoms with Crippen molar-refractivity contribution in [3.8, 4) is 6.07 Å². The molecule has 8 heteroatoms. The first-order chi connectivity index (χ1) is 11.5. The fourth-order valence-corrected chi connectivity index (χ4v) is 2.40. The summed E-state index contributed by atoms with van der Waals surface area (Å²) in [7, 11) is 0. The van der Waals surface area contributed by atoms with Gasteiger partial charge in [-0.15, -0.1) is 0 Å². The molecule has 1 aromatic rings. The number of hydrogen-bond acceptors (Lipinski definition) is 5. The Morgan fingerprint density at radius 1 is 1.46 bits per heavy atom. The van der Waals surface area contributed by atoms with Crippen molar-refractivity contribution in [2.75, 3.05) is 18.4 Å². The van der Waals surface area contributed by atoms with Crippen molar-refractivity contribution in [1.29, 1.82) is 10.7 Å². The zero-order valence-corrected chi connectivity index (χ0v) is 13.0. The average molecular weight is 330 g/mol. The van der Waals surface area contributed by atoms with E-state index in [0.29, 0.717) is 12.2 Å². The predicted molar refractivity (Wildman–Crippen MR) is 88.5 cm³/mol. The Bertz CT molecular complexity index is 679. The number of amidine groups is 1. The minimum Gasteiger partial charge on any atom is -0.386 e. The monoisotopic (exact) mass is 330 g/mol. The van der Waals surface area contributed by atoms with Crippen LogP contribution in [0.15, 0.2) is 36.0 Å². The molecular weight excluding hydrogens is 311 g/mol. The van der Waals surface area contributed by atoms with Gasteiger partial charge in [-0.05, 0) is 37.2 Å². The third-order valence-electron chi connectivity index (χ3n) is 3.74. The SMILES string of the molecule is N#C[C@@H]1CNCC[C@@H]1N/C=C(\C(=N)Nc1ccc(F)cc1)C(N)=O. The van der Waals surface area contributed by atoms with Crippen molar-refractivity contribution in [2.45, 2.75) is 12.5 Å². The van der Waals surface area contributed by atoms with Gasteiger partial charge >= 0.3 is 0 Å². The van der Waals surface area contributed by atoms with Crippen LogP contribution in [0.2, 0.25) is 0 Å². The summed E-state index contributed by atoms with van der Waals surface area (Å²) < 4.78 is 12.9. The van der Waals surface area contributed by atoms with Gasteiger partial charge in [0.05, 0.1) is 17.6 Å². The molecule has 0 saturated carbocycles. The molecule has 7 nitrogen and oxygen atoms in total. The molecule has 126 valence electrons. The van der Waals surface area contributed by atoms with E-state index in [0.717, 1.165) is 13.0 Å². The molecule has 6 N–H and O–H groups in total. The molecule has 1 heterocycles. The van der Waals surface area contributed by atoms with Crippen LogP contribution in [-0.2, 0) is 4.79 Å². The molecule has 1 saturated heterocycles. The number of rotatable bonds is 5. The minimum absolute atomic E-state index is 0.0467. The molecule has 1 amide bonds. The summed E-state index contributed by atoms with van der Waals surface area (Å²) in [6.07, 6.45) is 2.08. The summed E-state index contributed by atoms with van der Waals surface area (Å²) in [6.45, 7) is 1.33. The number of nitrogens with zero attached hydrogens (tertiary/aromatic N) is 1. The lowest BCUT2D eigenvalue weighted by Crippen LogP contribution is -2.45. The van der Waals surface area contributed by atoms with Crippen molar-refractivity contribution in [1.82, 2.24) is 10.6 Å². The van der Waals surface area contributed by atoms with Gasteiger partial charge in [-0.3, -0.25) is 10.2 Å². The van der Waals surface area contributed by atoms with Crippen LogP contribution in [0.25, 0.3) is 0 Å². The van der Waals surface area contributed by atoms with Crippen molar-refractivity contribution in [2.24, 2.45) is 11.7 Å². The van der Waals surface area contributed by atoms with Gasteiger partial charge in [0.25, 0.3) is 5.91 Å². The molecule has 0 aromatic heterocycles. The number of anilines is 1. The molecule has 0 unspecified atom stereocenters. The number of nitrogens with one attached hydrogen (secondary N) is 4. The summed E-state index contributed by atoms with van der Waals surface area (Å²) in [5.41, 5.74) is 5.75. The molecule has 2 rings (SSSR count). The van der Waals surface area contributed by atoms with E-state index in [1.807, 2.05) is 0 Å². The second-order valence-corrected chi connectivity index (χ2v) is 5.43. The van der Waals surface area contributed by atoms with Gasteiger partial charge in [0, 0.05) is 24.5 Å². The second-order valence-electron chi connectivity index (χ2n) is 5.43. The highest BCUT2D eigenvalue weighted by atomic mass is 19.1. The molecule has 1 fully saturated rings. The standard InChI is InChI=1S/C16H19FN6O/c17-11-1-3-12(4-2-11)23-15(19)13(16(20)24)9-22-14-5-6-21-8-10(14)7-18/h1-4,9-10,14,21-22H,5-6,8H2,(H2,19,23)(H2,20,24)/b13-9+/t10-,14+/m1/s1. The number of nitrogens with two attached hydrogens (primary N) is 1. The number of halogens is 1. The van der Waals surface area contributed by atoms with Crippen LogP contribution in [-0.4, -0.2) is 30.9 Å². The Morgan fingerprint density at radius 3 is 2.79 bits per heavy atom. The van der Waals surface area contributed by atoms with Gasteiger partial charge < -0.3 is 21.7 Å². The average Bonchev–Trinajstić information content (AvgIpc) is 2.57. The van der Waals surface area contributed by atoms with Gasteiger partial charge in [0.15, 0.2) is 0 Å². The molecule has 0 radical (unpaired) electrons. The molecule has 2 atom stereocenters. The van der Waals surface area contributed by atoms with Gasteiger partial charge in [-0.25, -0.2) is 4.39 Å². The van der Waals surface area contributed by atoms with Crippen LogP contribution in [0.4, 0.5) is 10.1 Å². The fourth-order valence-electron chi connectivity index (χ4n) is 2.40. The van der Waals surface area contributed by atoms with Crippen molar-refractivity contribution < 1.29 is 9.18 Å². The van der Waals surface area contributed by atoms with Crippen LogP contribution in [0.5, 0.6) is 0 Å². The Labute approximate surface area is 139 Å². The highest BCUT2D eigenvalue weighted by Gasteiger charge is 2.24. The van der Waals surface area contributed by atoms with E-state index in [4.69, 9.17) is 16.4 Å². The molecule has 0 bridgehead atoms. The fraction of sp³-hybridized carbons (Fsp3) is 0.312. The number of primary amides is 1. The van der Waals surface area contributed by atoms with Gasteiger partial charge in [0.2, 0.25) is 0 Å². The summed E-state index contributed by atoms with van der Waals surface area (Å²) in [6, 6.07) is 7.48. The number of amides is 1. The van der Waals surface area contributed by atoms with Gasteiger partial charge in [0.1, 0.15) is 11.7 Å². The van der Waals surface area contributed by atoms with Crippen LogP contribution >= 0.6 is 0 Å². The maximum atomic E-state index is 12.9. The molecule has 1 aromatic carbocycles. The second kappa shape index (κ2) is 8.08. The van der Waals surface area contributed by atoms with Crippen LogP contribution in [0, 0.1) is 28.5 Å². The van der Waals surface area contributed by atoms with E-state index in [-0.39, 0.29) is 23.4 Å². The molecule has 1 aliphatic heterocycles. The maximum absolute atomic E-state index is 12.9. The lowest BCUT2D eigenvalue weighted by molar-refractivity contribution is -0.114. The van der Waals surface area contributed by atoms with Crippen molar-refractivity contribution >= 4 is 17.4 Å². The lowest BCUT2D eigenvalue weighted by Gasteiger charge is -2.28. The third-order valence-corrected chi connectivity index (χ3v) is 3.74. The summed E-state index contributed by atoms with van der Waals surface area (Å²) >= 11 is 0. The highest BCUT2D eigenvalue weighted by molar-refractivity contribution is 6.23. The van der Waals surface area contributed by atoms with E-state index in [2.05, 4.69) is 22.0 Å². The summed E-state index contributed by atoms with van der Waals surface area (Å²) in [5.74, 6) is -1.61. The first-order valence-electron chi connectivity index (χ1n) is 7.49. The maximum Gasteiger partial charge on any atom is 0.253 e. The van der Waals surface area contributed by atoms with E-state index in [9.17, 15) is 9.18 Å². The van der Waals surface area contributed by atoms with E-state index in [1.165, 1.54) is 30.5 Å². The number of nitriles is 1. The number of hydrogen-bond donors (Lipinski definition) is 5. The zero-order valence-electron chi connectivity index (χ0n) is 13.0. The molecule has 1 aliphatic rings. The van der Waals surface area contributed by atoms with Gasteiger partial charge in [-0.2, -0.15) is 5.26 Å². The highest BCUT2D eigenvalue weighted by Crippen LogP contribution is 2.12. The number of carbonyl (C=O) groups is 1. The number of carbonyl (C=O) groups excluding carboxylic acids is 1. The van der Waals surface area contributed by atoms with E-state index in [1.54, 1.807) is 0 Å². The smallest absolute Gasteiger partial charge is 0.253 e. The number of benzene rings is 1. The summed E-state index contributed by atoms with van der Waals surface area (Å²) in [5, 5.41) is 26.0.